The molecule has 0 bridgehead atoms. The van der Waals surface area contributed by atoms with Gasteiger partial charge in [0.25, 0.3) is 0 Å². The van der Waals surface area contributed by atoms with E-state index in [9.17, 15) is 0 Å². The van der Waals surface area contributed by atoms with E-state index >= 15 is 0 Å². The van der Waals surface area contributed by atoms with Crippen LogP contribution in [0, 0.1) is 0 Å². The van der Waals surface area contributed by atoms with Gasteiger partial charge in [0.15, 0.2) is 0 Å². The fraction of sp³-hybridized carbons (Fsp3) is 1.00. The molecule has 0 saturated carbocycles. The largest absolute Gasteiger partial charge is 0.379 e. The van der Waals surface area contributed by atoms with Crippen molar-refractivity contribution in [2.24, 2.45) is 0 Å². The molecule has 1 N–H and O–H groups in total. The summed E-state index contributed by atoms with van der Waals surface area (Å²) in [4.78, 5) is 0. The van der Waals surface area contributed by atoms with Crippen LogP contribution in [0.25, 0.3) is 0 Å². The van der Waals surface area contributed by atoms with Gasteiger partial charge in [-0.1, -0.05) is 0 Å². The third-order valence-corrected chi connectivity index (χ3v) is 3.41. The van der Waals surface area contributed by atoms with Crippen LogP contribution in [0.15, 0.2) is 0 Å². The topological polar surface area (TPSA) is 30.5 Å². The van der Waals surface area contributed by atoms with Gasteiger partial charge in [-0.3, -0.25) is 0 Å². The Morgan fingerprint density at radius 2 is 2.12 bits per heavy atom. The summed E-state index contributed by atoms with van der Waals surface area (Å²) in [5.41, 5.74) is 0.0143. The van der Waals surface area contributed by atoms with Crippen LogP contribution >= 0.6 is 0 Å². The second kappa shape index (κ2) is 5.48. The van der Waals surface area contributed by atoms with Crippen molar-refractivity contribution in [1.29, 1.82) is 0 Å². The van der Waals surface area contributed by atoms with Crippen LogP contribution in [-0.2, 0) is 9.47 Å². The number of nitrogens with one attached hydrogen (secondary N) is 1. The van der Waals surface area contributed by atoms with Gasteiger partial charge in [0.2, 0.25) is 0 Å². The van der Waals surface area contributed by atoms with Crippen LogP contribution in [0.1, 0.15) is 47.0 Å². The van der Waals surface area contributed by atoms with Gasteiger partial charge in [-0.2, -0.15) is 0 Å². The van der Waals surface area contributed by atoms with Crippen LogP contribution in [0.5, 0.6) is 0 Å². The van der Waals surface area contributed by atoms with E-state index < -0.39 is 0 Å². The molecule has 0 spiro atoms. The minimum atomic E-state index is -0.0202. The van der Waals surface area contributed by atoms with Crippen molar-refractivity contribution >= 4 is 0 Å². The van der Waals surface area contributed by atoms with Crippen LogP contribution in [0.4, 0.5) is 0 Å². The lowest BCUT2D eigenvalue weighted by Crippen LogP contribution is -2.44. The van der Waals surface area contributed by atoms with Gasteiger partial charge >= 0.3 is 0 Å². The Morgan fingerprint density at radius 1 is 1.44 bits per heavy atom. The lowest BCUT2D eigenvalue weighted by Gasteiger charge is -2.36. The van der Waals surface area contributed by atoms with Crippen molar-refractivity contribution in [2.45, 2.75) is 64.2 Å². The Kier molecular flexibility index (Phi) is 4.77. The minimum Gasteiger partial charge on any atom is -0.379 e. The van der Waals surface area contributed by atoms with Crippen molar-refractivity contribution < 1.29 is 9.47 Å². The quantitative estimate of drug-likeness (QED) is 0.785. The molecule has 96 valence electrons. The Bertz CT molecular complexity index is 214. The maximum absolute atomic E-state index is 5.70. The minimum absolute atomic E-state index is 0.0202. The molecule has 0 radical (unpaired) electrons. The average Bonchev–Trinajstić information content (AvgIpc) is 2.16. The smallest absolute Gasteiger partial charge is 0.0641 e. The predicted octanol–water partition coefficient (Wildman–Crippen LogP) is 2.35. The molecule has 1 aliphatic heterocycles. The van der Waals surface area contributed by atoms with Gasteiger partial charge in [0.05, 0.1) is 11.2 Å². The molecule has 1 atom stereocenters. The molecule has 3 heteroatoms. The maximum atomic E-state index is 5.70. The zero-order valence-corrected chi connectivity index (χ0v) is 11.4. The van der Waals surface area contributed by atoms with Gasteiger partial charge in [-0.25, -0.2) is 0 Å². The number of methoxy groups -OCH3 is 1. The number of ether oxygens (including phenoxy) is 2. The first-order valence-electron chi connectivity index (χ1n) is 6.27. The highest BCUT2D eigenvalue weighted by Crippen LogP contribution is 2.24. The summed E-state index contributed by atoms with van der Waals surface area (Å²) >= 11 is 0. The van der Waals surface area contributed by atoms with E-state index in [2.05, 4.69) is 33.0 Å². The molecule has 1 rings (SSSR count). The summed E-state index contributed by atoms with van der Waals surface area (Å²) in [6.07, 6.45) is 3.26. The second-order valence-electron chi connectivity index (χ2n) is 5.97. The Balaban J connectivity index is 2.23. The first kappa shape index (κ1) is 13.9. The van der Waals surface area contributed by atoms with E-state index in [0.29, 0.717) is 6.04 Å². The molecule has 16 heavy (non-hydrogen) atoms. The first-order chi connectivity index (χ1) is 7.35. The van der Waals surface area contributed by atoms with Gasteiger partial charge < -0.3 is 14.8 Å². The Morgan fingerprint density at radius 3 is 2.69 bits per heavy atom. The van der Waals surface area contributed by atoms with Crippen LogP contribution < -0.4 is 5.32 Å². The normalized spacial score (nSPS) is 25.7. The van der Waals surface area contributed by atoms with Crippen molar-refractivity contribution in [2.75, 3.05) is 20.3 Å². The van der Waals surface area contributed by atoms with Crippen LogP contribution in [0.2, 0.25) is 0 Å². The third-order valence-electron chi connectivity index (χ3n) is 3.41. The molecular formula is C13H27NO2. The third kappa shape index (κ3) is 4.81. The molecule has 0 aliphatic carbocycles. The molecule has 1 saturated heterocycles. The molecule has 1 aliphatic rings. The van der Waals surface area contributed by atoms with E-state index in [1.54, 1.807) is 7.11 Å². The van der Waals surface area contributed by atoms with Crippen molar-refractivity contribution in [3.8, 4) is 0 Å². The molecule has 0 aromatic heterocycles. The summed E-state index contributed by atoms with van der Waals surface area (Å²) in [5.74, 6) is 0. The average molecular weight is 229 g/mol. The predicted molar refractivity (Wildman–Crippen MR) is 66.8 cm³/mol. The van der Waals surface area contributed by atoms with E-state index in [1.165, 1.54) is 0 Å². The summed E-state index contributed by atoms with van der Waals surface area (Å²) in [5, 5.41) is 3.61. The van der Waals surface area contributed by atoms with Crippen LogP contribution in [-0.4, -0.2) is 37.5 Å². The molecule has 1 fully saturated rings. The summed E-state index contributed by atoms with van der Waals surface area (Å²) in [7, 11) is 1.78. The van der Waals surface area contributed by atoms with Crippen molar-refractivity contribution in [1.82, 2.24) is 5.32 Å². The molecule has 1 heterocycles. The Labute approximate surface area is 99.9 Å². The Hall–Kier alpha value is -0.120. The van der Waals surface area contributed by atoms with E-state index in [4.69, 9.17) is 9.47 Å². The fourth-order valence-electron chi connectivity index (χ4n) is 2.09. The zero-order valence-electron chi connectivity index (χ0n) is 11.4. The molecule has 1 unspecified atom stereocenters. The number of hydrogen-bond acceptors (Lipinski definition) is 3. The van der Waals surface area contributed by atoms with E-state index in [0.717, 1.165) is 32.4 Å². The van der Waals surface area contributed by atoms with Gasteiger partial charge in [0, 0.05) is 19.8 Å². The van der Waals surface area contributed by atoms with Crippen molar-refractivity contribution in [3.63, 3.8) is 0 Å². The summed E-state index contributed by atoms with van der Waals surface area (Å²) < 4.78 is 11.1. The van der Waals surface area contributed by atoms with Gasteiger partial charge in [-0.15, -0.1) is 0 Å². The summed E-state index contributed by atoms with van der Waals surface area (Å²) in [6, 6.07) is 0.594. The fourth-order valence-corrected chi connectivity index (χ4v) is 2.09. The lowest BCUT2D eigenvalue weighted by molar-refractivity contribution is -0.0636. The second-order valence-corrected chi connectivity index (χ2v) is 5.97. The van der Waals surface area contributed by atoms with Crippen LogP contribution in [0.3, 0.4) is 0 Å². The molecular weight excluding hydrogens is 202 g/mol. The highest BCUT2D eigenvalue weighted by molar-refractivity contribution is 4.83. The maximum Gasteiger partial charge on any atom is 0.0641 e. The standard InChI is InChI=1S/C13H27NO2/c1-12(2,15-5)7-8-14-11-6-9-16-13(3,4)10-11/h11,14H,6-10H2,1-5H3. The molecule has 0 amide bonds. The molecule has 3 nitrogen and oxygen atoms in total. The number of rotatable bonds is 5. The van der Waals surface area contributed by atoms with Gasteiger partial charge in [0.1, 0.15) is 0 Å². The highest BCUT2D eigenvalue weighted by atomic mass is 16.5. The van der Waals surface area contributed by atoms with Crippen molar-refractivity contribution in [3.05, 3.63) is 0 Å². The SMILES string of the molecule is COC(C)(C)CCNC1CCOC(C)(C)C1. The molecule has 0 aromatic carbocycles. The van der Waals surface area contributed by atoms with E-state index in [1.807, 2.05) is 0 Å². The molecule has 0 aromatic rings. The van der Waals surface area contributed by atoms with Gasteiger partial charge in [-0.05, 0) is 53.5 Å². The highest BCUT2D eigenvalue weighted by Gasteiger charge is 2.28. The summed E-state index contributed by atoms with van der Waals surface area (Å²) in [6.45, 7) is 10.5. The first-order valence-corrected chi connectivity index (χ1v) is 6.27. The lowest BCUT2D eigenvalue weighted by atomic mass is 9.93. The monoisotopic (exact) mass is 229 g/mol. The zero-order chi connectivity index (χ0) is 12.2. The van der Waals surface area contributed by atoms with E-state index in [-0.39, 0.29) is 11.2 Å². The number of hydrogen-bond donors (Lipinski definition) is 1.